The van der Waals surface area contributed by atoms with Gasteiger partial charge in [0.25, 0.3) is 0 Å². The Morgan fingerprint density at radius 1 is 1.25 bits per heavy atom. The van der Waals surface area contributed by atoms with Crippen LogP contribution in [0.15, 0.2) is 18.2 Å². The number of hydrogen-bond donors (Lipinski definition) is 2. The van der Waals surface area contributed by atoms with Crippen LogP contribution in [-0.2, 0) is 0 Å². The first kappa shape index (κ1) is 11.5. The van der Waals surface area contributed by atoms with E-state index in [9.17, 15) is 5.11 Å². The maximum atomic E-state index is 10.0. The molecule has 0 aromatic heterocycles. The summed E-state index contributed by atoms with van der Waals surface area (Å²) in [5, 5.41) is 10.0. The van der Waals surface area contributed by atoms with Crippen LogP contribution in [0.5, 0.6) is 5.75 Å². The van der Waals surface area contributed by atoms with E-state index in [0.717, 1.165) is 11.1 Å². The molecule has 1 fully saturated rings. The highest BCUT2D eigenvalue weighted by Crippen LogP contribution is 2.36. The highest BCUT2D eigenvalue weighted by Gasteiger charge is 2.23. The summed E-state index contributed by atoms with van der Waals surface area (Å²) in [4.78, 5) is 0. The Morgan fingerprint density at radius 2 is 1.94 bits per heavy atom. The minimum Gasteiger partial charge on any atom is -0.507 e. The average molecular weight is 219 g/mol. The third-order valence-electron chi connectivity index (χ3n) is 3.79. The standard InChI is InChI=1S/C14H21NO/c1-10-6-5-9-12(14(10)16)13(15)11-7-3-2-4-8-11/h5-6,9,11,13,16H,2-4,7-8,15H2,1H3/t13-/m1/s1. The van der Waals surface area contributed by atoms with Gasteiger partial charge in [-0.05, 0) is 31.2 Å². The molecule has 1 aliphatic carbocycles. The lowest BCUT2D eigenvalue weighted by atomic mass is 9.81. The second kappa shape index (κ2) is 4.88. The van der Waals surface area contributed by atoms with Crippen molar-refractivity contribution in [2.45, 2.75) is 45.1 Å². The molecule has 88 valence electrons. The number of aromatic hydroxyl groups is 1. The van der Waals surface area contributed by atoms with Crippen molar-refractivity contribution in [1.82, 2.24) is 0 Å². The van der Waals surface area contributed by atoms with Crippen LogP contribution < -0.4 is 5.73 Å². The second-order valence-corrected chi connectivity index (χ2v) is 4.94. The number of hydrogen-bond acceptors (Lipinski definition) is 2. The van der Waals surface area contributed by atoms with Crippen LogP contribution in [0.2, 0.25) is 0 Å². The van der Waals surface area contributed by atoms with Crippen molar-refractivity contribution < 1.29 is 5.11 Å². The van der Waals surface area contributed by atoms with Gasteiger partial charge in [0.15, 0.2) is 0 Å². The summed E-state index contributed by atoms with van der Waals surface area (Å²) in [6, 6.07) is 5.86. The lowest BCUT2D eigenvalue weighted by molar-refractivity contribution is 0.303. The van der Waals surface area contributed by atoms with Gasteiger partial charge in [0, 0.05) is 11.6 Å². The highest BCUT2D eigenvalue weighted by atomic mass is 16.3. The van der Waals surface area contributed by atoms with Crippen molar-refractivity contribution in [3.63, 3.8) is 0 Å². The molecule has 1 saturated carbocycles. The van der Waals surface area contributed by atoms with E-state index >= 15 is 0 Å². The molecule has 16 heavy (non-hydrogen) atoms. The van der Waals surface area contributed by atoms with Gasteiger partial charge in [-0.25, -0.2) is 0 Å². The first-order chi connectivity index (χ1) is 7.70. The summed E-state index contributed by atoms with van der Waals surface area (Å²) in [5.41, 5.74) is 8.12. The molecule has 0 heterocycles. The van der Waals surface area contributed by atoms with E-state index in [4.69, 9.17) is 5.73 Å². The summed E-state index contributed by atoms with van der Waals surface area (Å²) >= 11 is 0. The quantitative estimate of drug-likeness (QED) is 0.801. The summed E-state index contributed by atoms with van der Waals surface area (Å²) in [6.07, 6.45) is 6.31. The van der Waals surface area contributed by atoms with Crippen LogP contribution in [0.25, 0.3) is 0 Å². The summed E-state index contributed by atoms with van der Waals surface area (Å²) in [5.74, 6) is 0.932. The van der Waals surface area contributed by atoms with Crippen LogP contribution in [0, 0.1) is 12.8 Å². The lowest BCUT2D eigenvalue weighted by Crippen LogP contribution is -2.23. The zero-order valence-corrected chi connectivity index (χ0v) is 9.95. The summed E-state index contributed by atoms with van der Waals surface area (Å²) in [7, 11) is 0. The Labute approximate surface area is 97.5 Å². The van der Waals surface area contributed by atoms with Gasteiger partial charge >= 0.3 is 0 Å². The van der Waals surface area contributed by atoms with Gasteiger partial charge in [0.05, 0.1) is 0 Å². The highest BCUT2D eigenvalue weighted by molar-refractivity contribution is 5.41. The monoisotopic (exact) mass is 219 g/mol. The van der Waals surface area contributed by atoms with Gasteiger partial charge < -0.3 is 10.8 Å². The third kappa shape index (κ3) is 2.22. The number of rotatable bonds is 2. The predicted molar refractivity (Wildman–Crippen MR) is 66.3 cm³/mol. The van der Waals surface area contributed by atoms with Gasteiger partial charge in [0.1, 0.15) is 5.75 Å². The summed E-state index contributed by atoms with van der Waals surface area (Å²) < 4.78 is 0. The van der Waals surface area contributed by atoms with Gasteiger partial charge in [-0.2, -0.15) is 0 Å². The maximum absolute atomic E-state index is 10.0. The minimum absolute atomic E-state index is 0.000185. The Hall–Kier alpha value is -1.02. The van der Waals surface area contributed by atoms with Crippen LogP contribution in [-0.4, -0.2) is 5.11 Å². The SMILES string of the molecule is Cc1cccc([C@H](N)C2CCCCC2)c1O. The van der Waals surface area contributed by atoms with Crippen LogP contribution >= 0.6 is 0 Å². The van der Waals surface area contributed by atoms with E-state index in [1.165, 1.54) is 32.1 Å². The molecule has 0 unspecified atom stereocenters. The molecule has 0 saturated heterocycles. The van der Waals surface area contributed by atoms with Gasteiger partial charge in [-0.15, -0.1) is 0 Å². The largest absolute Gasteiger partial charge is 0.507 e. The van der Waals surface area contributed by atoms with Crippen molar-refractivity contribution in [1.29, 1.82) is 0 Å². The Morgan fingerprint density at radius 3 is 2.62 bits per heavy atom. The van der Waals surface area contributed by atoms with Crippen LogP contribution in [0.1, 0.15) is 49.3 Å². The van der Waals surface area contributed by atoms with E-state index in [-0.39, 0.29) is 6.04 Å². The molecule has 3 N–H and O–H groups in total. The number of phenolic OH excluding ortho intramolecular Hbond substituents is 1. The molecule has 0 aliphatic heterocycles. The van der Waals surface area contributed by atoms with Gasteiger partial charge in [-0.3, -0.25) is 0 Å². The molecule has 2 nitrogen and oxygen atoms in total. The van der Waals surface area contributed by atoms with Crippen LogP contribution in [0.3, 0.4) is 0 Å². The molecule has 1 aromatic carbocycles. The van der Waals surface area contributed by atoms with E-state index < -0.39 is 0 Å². The predicted octanol–water partition coefficient (Wildman–Crippen LogP) is 3.28. The van der Waals surface area contributed by atoms with Crippen molar-refractivity contribution in [3.05, 3.63) is 29.3 Å². The fourth-order valence-electron chi connectivity index (χ4n) is 2.70. The number of benzene rings is 1. The molecule has 0 spiro atoms. The number of nitrogens with two attached hydrogens (primary N) is 1. The Balaban J connectivity index is 2.19. The van der Waals surface area contributed by atoms with Gasteiger partial charge in [0.2, 0.25) is 0 Å². The molecule has 2 heteroatoms. The van der Waals surface area contributed by atoms with Crippen molar-refractivity contribution in [2.75, 3.05) is 0 Å². The van der Waals surface area contributed by atoms with E-state index in [1.54, 1.807) is 0 Å². The zero-order chi connectivity index (χ0) is 11.5. The fraction of sp³-hybridized carbons (Fsp3) is 0.571. The van der Waals surface area contributed by atoms with Crippen LogP contribution in [0.4, 0.5) is 0 Å². The fourth-order valence-corrected chi connectivity index (χ4v) is 2.70. The number of para-hydroxylation sites is 1. The molecule has 1 atom stereocenters. The lowest BCUT2D eigenvalue weighted by Gasteiger charge is -2.28. The van der Waals surface area contributed by atoms with Crippen molar-refractivity contribution in [3.8, 4) is 5.75 Å². The molecular formula is C14H21NO. The number of aryl methyl sites for hydroxylation is 1. The average Bonchev–Trinajstić information content (AvgIpc) is 2.33. The maximum Gasteiger partial charge on any atom is 0.123 e. The topological polar surface area (TPSA) is 46.2 Å². The molecule has 0 bridgehead atoms. The number of phenols is 1. The first-order valence-corrected chi connectivity index (χ1v) is 6.24. The molecule has 1 aliphatic rings. The second-order valence-electron chi connectivity index (χ2n) is 4.94. The first-order valence-electron chi connectivity index (χ1n) is 6.24. The molecule has 0 radical (unpaired) electrons. The van der Waals surface area contributed by atoms with E-state index in [0.29, 0.717) is 11.7 Å². The Kier molecular flexibility index (Phi) is 3.49. The third-order valence-corrected chi connectivity index (χ3v) is 3.79. The van der Waals surface area contributed by atoms with E-state index in [2.05, 4.69) is 0 Å². The normalized spacial score (nSPS) is 19.6. The summed E-state index contributed by atoms with van der Waals surface area (Å²) in [6.45, 7) is 1.92. The molecule has 2 rings (SSSR count). The minimum atomic E-state index is 0.000185. The molecular weight excluding hydrogens is 198 g/mol. The Bertz CT molecular complexity index is 356. The van der Waals surface area contributed by atoms with Crippen molar-refractivity contribution in [2.24, 2.45) is 11.7 Å². The molecule has 1 aromatic rings. The smallest absolute Gasteiger partial charge is 0.123 e. The van der Waals surface area contributed by atoms with Crippen molar-refractivity contribution >= 4 is 0 Å². The van der Waals surface area contributed by atoms with Gasteiger partial charge in [-0.1, -0.05) is 37.5 Å². The molecule has 0 amide bonds. The zero-order valence-electron chi connectivity index (χ0n) is 9.95. The van der Waals surface area contributed by atoms with E-state index in [1.807, 2.05) is 25.1 Å².